The van der Waals surface area contributed by atoms with Gasteiger partial charge >= 0.3 is 6.03 Å². The lowest BCUT2D eigenvalue weighted by atomic mass is 10.1. The lowest BCUT2D eigenvalue weighted by Crippen LogP contribution is -2.41. The van der Waals surface area contributed by atoms with Crippen molar-refractivity contribution in [3.05, 3.63) is 29.8 Å². The van der Waals surface area contributed by atoms with Gasteiger partial charge in [-0.05, 0) is 37.5 Å². The highest BCUT2D eigenvalue weighted by Gasteiger charge is 2.21. The van der Waals surface area contributed by atoms with Crippen LogP contribution >= 0.6 is 0 Å². The average molecular weight is 340 g/mol. The molecule has 0 bridgehead atoms. The summed E-state index contributed by atoms with van der Waals surface area (Å²) in [6.45, 7) is 3.18. The molecule has 1 aromatic carbocycles. The third-order valence-electron chi connectivity index (χ3n) is 4.20. The van der Waals surface area contributed by atoms with Crippen LogP contribution in [0.25, 0.3) is 0 Å². The molecule has 1 aliphatic heterocycles. The monoisotopic (exact) mass is 340 g/mol. The quantitative estimate of drug-likeness (QED) is 0.889. The van der Waals surface area contributed by atoms with Gasteiger partial charge in [0, 0.05) is 26.5 Å². The molecule has 6 nitrogen and oxygen atoms in total. The maximum atomic E-state index is 12.2. The highest BCUT2D eigenvalue weighted by Crippen LogP contribution is 2.21. The normalized spacial score (nSPS) is 19.3. The molecular weight excluding hydrogens is 316 g/mol. The van der Waals surface area contributed by atoms with E-state index in [2.05, 4.69) is 5.32 Å². The zero-order valence-electron chi connectivity index (χ0n) is 13.8. The topological polar surface area (TPSA) is 75.7 Å². The zero-order chi connectivity index (χ0) is 17.0. The summed E-state index contributed by atoms with van der Waals surface area (Å²) >= 11 is 0. The van der Waals surface area contributed by atoms with Gasteiger partial charge < -0.3 is 15.0 Å². The van der Waals surface area contributed by atoms with E-state index < -0.39 is 9.84 Å². The van der Waals surface area contributed by atoms with E-state index in [1.165, 1.54) is 6.26 Å². The standard InChI is InChI=1S/C16H24N2O4S/c1-12(13-6-8-15(9-7-13)23(3,20)21)18(2)16(19)17-11-14-5-4-10-22-14/h6-9,12,14H,4-5,10-11H2,1-3H3,(H,17,19)/t12-,14-/m1/s1. The Morgan fingerprint density at radius 1 is 1.39 bits per heavy atom. The van der Waals surface area contributed by atoms with Gasteiger partial charge in [0.1, 0.15) is 0 Å². The van der Waals surface area contributed by atoms with Gasteiger partial charge in [-0.3, -0.25) is 0 Å². The number of carbonyl (C=O) groups is 1. The molecule has 2 amide bonds. The number of rotatable bonds is 5. The Kier molecular flexibility index (Phi) is 5.64. The Hall–Kier alpha value is -1.60. The van der Waals surface area contributed by atoms with Crippen molar-refractivity contribution < 1.29 is 17.9 Å². The van der Waals surface area contributed by atoms with Crippen LogP contribution in [0.4, 0.5) is 4.79 Å². The molecule has 23 heavy (non-hydrogen) atoms. The Balaban J connectivity index is 1.95. The number of sulfone groups is 1. The fourth-order valence-electron chi connectivity index (χ4n) is 2.52. The first-order valence-electron chi connectivity index (χ1n) is 7.71. The summed E-state index contributed by atoms with van der Waals surface area (Å²) in [5, 5.41) is 2.88. The molecule has 128 valence electrons. The van der Waals surface area contributed by atoms with Crippen molar-refractivity contribution in [3.8, 4) is 0 Å². The Morgan fingerprint density at radius 2 is 2.04 bits per heavy atom. The smallest absolute Gasteiger partial charge is 0.317 e. The van der Waals surface area contributed by atoms with E-state index in [1.807, 2.05) is 6.92 Å². The third kappa shape index (κ3) is 4.68. The number of hydrogen-bond donors (Lipinski definition) is 1. The first kappa shape index (κ1) is 17.7. The molecule has 1 N–H and O–H groups in total. The molecule has 0 saturated carbocycles. The van der Waals surface area contributed by atoms with Crippen LogP contribution in [0.15, 0.2) is 29.2 Å². The van der Waals surface area contributed by atoms with Crippen molar-refractivity contribution in [2.75, 3.05) is 26.5 Å². The number of hydrogen-bond acceptors (Lipinski definition) is 4. The predicted octanol–water partition coefficient (Wildman–Crippen LogP) is 1.97. The van der Waals surface area contributed by atoms with Crippen molar-refractivity contribution in [2.24, 2.45) is 0 Å². The van der Waals surface area contributed by atoms with Gasteiger partial charge in [0.15, 0.2) is 9.84 Å². The second-order valence-electron chi connectivity index (χ2n) is 5.95. The SMILES string of the molecule is C[C@H](c1ccc(S(C)(=O)=O)cc1)N(C)C(=O)NC[C@H]1CCCO1. The van der Waals surface area contributed by atoms with E-state index in [4.69, 9.17) is 4.74 Å². The molecule has 1 aromatic rings. The summed E-state index contributed by atoms with van der Waals surface area (Å²) in [6.07, 6.45) is 3.30. The summed E-state index contributed by atoms with van der Waals surface area (Å²) in [5.41, 5.74) is 0.882. The van der Waals surface area contributed by atoms with Crippen molar-refractivity contribution in [1.82, 2.24) is 10.2 Å². The summed E-state index contributed by atoms with van der Waals surface area (Å²) in [7, 11) is -1.48. The molecule has 0 aromatic heterocycles. The highest BCUT2D eigenvalue weighted by atomic mass is 32.2. The first-order valence-corrected chi connectivity index (χ1v) is 9.60. The Morgan fingerprint density at radius 3 is 2.57 bits per heavy atom. The number of nitrogens with zero attached hydrogens (tertiary/aromatic N) is 1. The summed E-state index contributed by atoms with van der Waals surface area (Å²) in [4.78, 5) is 14.1. The maximum absolute atomic E-state index is 12.2. The molecule has 1 fully saturated rings. The Bertz CT molecular complexity index is 637. The minimum absolute atomic E-state index is 0.108. The van der Waals surface area contributed by atoms with E-state index in [1.54, 1.807) is 36.2 Å². The molecule has 1 aliphatic rings. The molecule has 7 heteroatoms. The van der Waals surface area contributed by atoms with Crippen molar-refractivity contribution in [3.63, 3.8) is 0 Å². The lowest BCUT2D eigenvalue weighted by molar-refractivity contribution is 0.108. The second-order valence-corrected chi connectivity index (χ2v) is 7.96. The summed E-state index contributed by atoms with van der Waals surface area (Å²) in [6, 6.07) is 6.29. The van der Waals surface area contributed by atoms with Gasteiger partial charge in [0.05, 0.1) is 17.0 Å². The van der Waals surface area contributed by atoms with Crippen LogP contribution in [0.3, 0.4) is 0 Å². The largest absolute Gasteiger partial charge is 0.376 e. The lowest BCUT2D eigenvalue weighted by Gasteiger charge is -2.26. The van der Waals surface area contributed by atoms with Crippen molar-refractivity contribution >= 4 is 15.9 Å². The Labute approximate surface area is 137 Å². The minimum Gasteiger partial charge on any atom is -0.376 e. The van der Waals surface area contributed by atoms with Crippen LogP contribution in [0.2, 0.25) is 0 Å². The van der Waals surface area contributed by atoms with Crippen LogP contribution in [0, 0.1) is 0 Å². The van der Waals surface area contributed by atoms with Crippen LogP contribution in [-0.4, -0.2) is 51.9 Å². The van der Waals surface area contributed by atoms with Gasteiger partial charge in [-0.25, -0.2) is 13.2 Å². The molecular formula is C16H24N2O4S. The van der Waals surface area contributed by atoms with Gasteiger partial charge in [-0.1, -0.05) is 12.1 Å². The third-order valence-corrected chi connectivity index (χ3v) is 5.33. The van der Waals surface area contributed by atoms with Gasteiger partial charge in [0.2, 0.25) is 0 Å². The average Bonchev–Trinajstić information content (AvgIpc) is 3.04. The minimum atomic E-state index is -3.21. The molecule has 2 rings (SSSR count). The van der Waals surface area contributed by atoms with E-state index >= 15 is 0 Å². The molecule has 0 aliphatic carbocycles. The number of urea groups is 1. The molecule has 0 unspecified atom stereocenters. The fourth-order valence-corrected chi connectivity index (χ4v) is 3.15. The molecule has 0 radical (unpaired) electrons. The highest BCUT2D eigenvalue weighted by molar-refractivity contribution is 7.90. The molecule has 2 atom stereocenters. The van der Waals surface area contributed by atoms with E-state index in [0.717, 1.165) is 25.0 Å². The second kappa shape index (κ2) is 7.31. The number of carbonyl (C=O) groups excluding carboxylic acids is 1. The molecule has 1 saturated heterocycles. The van der Waals surface area contributed by atoms with Gasteiger partial charge in [0.25, 0.3) is 0 Å². The fraction of sp³-hybridized carbons (Fsp3) is 0.562. The summed E-state index contributed by atoms with van der Waals surface area (Å²) < 4.78 is 28.4. The van der Waals surface area contributed by atoms with Crippen LogP contribution in [-0.2, 0) is 14.6 Å². The molecule has 1 heterocycles. The van der Waals surface area contributed by atoms with E-state index in [-0.39, 0.29) is 23.1 Å². The maximum Gasteiger partial charge on any atom is 0.317 e. The van der Waals surface area contributed by atoms with E-state index in [0.29, 0.717) is 6.54 Å². The predicted molar refractivity (Wildman–Crippen MR) is 88.1 cm³/mol. The van der Waals surface area contributed by atoms with Crippen LogP contribution < -0.4 is 5.32 Å². The zero-order valence-corrected chi connectivity index (χ0v) is 14.6. The van der Waals surface area contributed by atoms with Crippen LogP contribution in [0.5, 0.6) is 0 Å². The van der Waals surface area contributed by atoms with E-state index in [9.17, 15) is 13.2 Å². The van der Waals surface area contributed by atoms with Gasteiger partial charge in [-0.15, -0.1) is 0 Å². The van der Waals surface area contributed by atoms with Crippen LogP contribution in [0.1, 0.15) is 31.4 Å². The number of benzene rings is 1. The number of nitrogens with one attached hydrogen (secondary N) is 1. The van der Waals surface area contributed by atoms with Crippen molar-refractivity contribution in [2.45, 2.75) is 36.8 Å². The molecule has 0 spiro atoms. The summed E-state index contributed by atoms with van der Waals surface area (Å²) in [5.74, 6) is 0. The van der Waals surface area contributed by atoms with Crippen molar-refractivity contribution in [1.29, 1.82) is 0 Å². The number of ether oxygens (including phenoxy) is 1. The van der Waals surface area contributed by atoms with Gasteiger partial charge in [-0.2, -0.15) is 0 Å². The first-order chi connectivity index (χ1) is 10.8. The number of amides is 2.